The summed E-state index contributed by atoms with van der Waals surface area (Å²) in [5.41, 5.74) is 5.59. The fourth-order valence-electron chi connectivity index (χ4n) is 4.95. The van der Waals surface area contributed by atoms with E-state index in [9.17, 15) is 5.11 Å². The van der Waals surface area contributed by atoms with Crippen molar-refractivity contribution in [1.82, 2.24) is 19.5 Å². The van der Waals surface area contributed by atoms with Gasteiger partial charge in [-0.15, -0.1) is 0 Å². The van der Waals surface area contributed by atoms with Crippen LogP contribution in [0.4, 0.5) is 5.82 Å². The lowest BCUT2D eigenvalue weighted by atomic mass is 9.77. The van der Waals surface area contributed by atoms with Crippen molar-refractivity contribution in [3.8, 4) is 0 Å². The summed E-state index contributed by atoms with van der Waals surface area (Å²) in [4.78, 5) is 12.5. The highest BCUT2D eigenvalue weighted by Crippen LogP contribution is 2.75. The van der Waals surface area contributed by atoms with E-state index in [1.165, 1.54) is 11.9 Å². The van der Waals surface area contributed by atoms with E-state index in [-0.39, 0.29) is 35.3 Å². The maximum Gasteiger partial charge on any atom is 0.248 e. The van der Waals surface area contributed by atoms with Gasteiger partial charge in [0.15, 0.2) is 17.7 Å². The minimum atomic E-state index is -2.52. The Morgan fingerprint density at radius 3 is 3.03 bits per heavy atom. The summed E-state index contributed by atoms with van der Waals surface area (Å²) in [6.45, 7) is 10.7. The van der Waals surface area contributed by atoms with Crippen LogP contribution >= 0.6 is 17.1 Å². The molecule has 9 nitrogen and oxygen atoms in total. The van der Waals surface area contributed by atoms with Gasteiger partial charge in [-0.3, -0.25) is 4.57 Å². The number of nitrogens with zero attached hydrogens (tertiary/aromatic N) is 4. The fraction of sp³-hybridized carbons (Fsp3) is 0.667. The van der Waals surface area contributed by atoms with Crippen molar-refractivity contribution in [3.63, 3.8) is 0 Å². The maximum absolute atomic E-state index is 10.9. The van der Waals surface area contributed by atoms with Gasteiger partial charge in [0, 0.05) is 10.7 Å². The van der Waals surface area contributed by atoms with Gasteiger partial charge in [0.2, 0.25) is 5.69 Å². The standard InChI is InChI=1S/C21H30N5O4PS2/c1-11(2)13-5-6-21(4)15(7-13)30-31(32,33-21)28-8-14-12(3)17(27)20(29-14)26-10-25-16-18(22)23-9-24-19(16)26/h9-10,12-15,17,20,27H,1,5-8H2,2-4H3,(H2,22,23,24)/t12-,13+,14-,15-,17-,20-,21-,31-/m1/s1. The van der Waals surface area contributed by atoms with Gasteiger partial charge in [0.05, 0.1) is 25.1 Å². The Labute approximate surface area is 202 Å². The lowest BCUT2D eigenvalue weighted by Crippen LogP contribution is -2.39. The lowest BCUT2D eigenvalue weighted by Gasteiger charge is -2.37. The Hall–Kier alpha value is -1.07. The Bertz CT molecular complexity index is 1130. The minimum Gasteiger partial charge on any atom is -0.388 e. The number of ether oxygens (including phenoxy) is 1. The topological polar surface area (TPSA) is 118 Å². The number of nitrogen functional groups attached to an aromatic ring is 1. The molecular formula is C21H30N5O4PS2. The number of anilines is 1. The van der Waals surface area contributed by atoms with Gasteiger partial charge in [0.25, 0.3) is 0 Å². The number of hydrogen-bond donors (Lipinski definition) is 2. The summed E-state index contributed by atoms with van der Waals surface area (Å²) in [6.07, 6.45) is 4.35. The molecule has 0 aromatic carbocycles. The van der Waals surface area contributed by atoms with Crippen LogP contribution < -0.4 is 5.73 Å². The first-order valence-electron chi connectivity index (χ1n) is 11.2. The molecule has 180 valence electrons. The zero-order valence-electron chi connectivity index (χ0n) is 19.0. The Kier molecular flexibility index (Phi) is 6.13. The van der Waals surface area contributed by atoms with E-state index in [1.54, 1.807) is 22.3 Å². The molecule has 0 spiro atoms. The van der Waals surface area contributed by atoms with Crippen molar-refractivity contribution in [2.24, 2.45) is 11.8 Å². The van der Waals surface area contributed by atoms with Crippen LogP contribution in [0.2, 0.25) is 0 Å². The molecule has 3 N–H and O–H groups in total. The SMILES string of the molecule is C=C(C)[C@H]1CC[C@@]2(C)S[P@](=S)(OC[C@H]3O[C@@H](n4cnc5c(N)ncnc54)[C@H](O)[C@@H]3C)O[C@@H]2C1. The molecule has 2 aromatic rings. The molecule has 5 rings (SSSR count). The second-order valence-corrected chi connectivity index (χ2v) is 16.2. The summed E-state index contributed by atoms with van der Waals surface area (Å²) in [5, 5.41) is 10.9. The molecule has 1 saturated carbocycles. The summed E-state index contributed by atoms with van der Waals surface area (Å²) in [5.74, 6) is 0.588. The predicted molar refractivity (Wildman–Crippen MR) is 132 cm³/mol. The van der Waals surface area contributed by atoms with E-state index in [2.05, 4.69) is 35.4 Å². The van der Waals surface area contributed by atoms with Crippen LogP contribution in [0.5, 0.6) is 0 Å². The average molecular weight is 512 g/mol. The summed E-state index contributed by atoms with van der Waals surface area (Å²) >= 11 is 7.58. The number of aromatic nitrogens is 4. The molecule has 2 saturated heterocycles. The molecular weight excluding hydrogens is 481 g/mol. The Morgan fingerprint density at radius 1 is 1.48 bits per heavy atom. The van der Waals surface area contributed by atoms with Gasteiger partial charge in [-0.2, -0.15) is 0 Å². The second-order valence-electron chi connectivity index (χ2n) is 9.56. The smallest absolute Gasteiger partial charge is 0.248 e. The fourth-order valence-corrected chi connectivity index (χ4v) is 12.1. The van der Waals surface area contributed by atoms with Crippen LogP contribution in [0, 0.1) is 11.8 Å². The molecule has 3 aliphatic rings. The van der Waals surface area contributed by atoms with Gasteiger partial charge in [0.1, 0.15) is 17.9 Å². The molecule has 2 aromatic heterocycles. The molecule has 8 atom stereocenters. The van der Waals surface area contributed by atoms with E-state index >= 15 is 0 Å². The van der Waals surface area contributed by atoms with E-state index in [0.29, 0.717) is 17.1 Å². The van der Waals surface area contributed by atoms with Crippen molar-refractivity contribution in [3.05, 3.63) is 24.8 Å². The molecule has 4 heterocycles. The van der Waals surface area contributed by atoms with Crippen molar-refractivity contribution >= 4 is 45.9 Å². The maximum atomic E-state index is 10.9. The van der Waals surface area contributed by atoms with E-state index in [0.717, 1.165) is 19.3 Å². The molecule has 3 fully saturated rings. The lowest BCUT2D eigenvalue weighted by molar-refractivity contribution is -0.0464. The van der Waals surface area contributed by atoms with Crippen molar-refractivity contribution in [2.75, 3.05) is 12.3 Å². The summed E-state index contributed by atoms with van der Waals surface area (Å²) in [7, 11) is 0. The van der Waals surface area contributed by atoms with Crippen LogP contribution in [0.25, 0.3) is 11.2 Å². The summed E-state index contributed by atoms with van der Waals surface area (Å²) < 4.78 is 20.5. The first kappa shape index (κ1) is 23.7. The van der Waals surface area contributed by atoms with Crippen LogP contribution in [-0.4, -0.2) is 54.3 Å². The zero-order chi connectivity index (χ0) is 23.5. The van der Waals surface area contributed by atoms with E-state index < -0.39 is 18.0 Å². The number of fused-ring (bicyclic) bond motifs is 2. The number of allylic oxidation sites excluding steroid dienone is 1. The Morgan fingerprint density at radius 2 is 2.27 bits per heavy atom. The third-order valence-electron chi connectivity index (χ3n) is 7.23. The quantitative estimate of drug-likeness (QED) is 0.453. The number of aliphatic hydroxyl groups excluding tert-OH is 1. The van der Waals surface area contributed by atoms with Gasteiger partial charge in [-0.25, -0.2) is 15.0 Å². The molecule has 12 heteroatoms. The van der Waals surface area contributed by atoms with Crippen molar-refractivity contribution < 1.29 is 18.9 Å². The molecule has 0 radical (unpaired) electrons. The van der Waals surface area contributed by atoms with Crippen LogP contribution in [0.15, 0.2) is 24.8 Å². The second kappa shape index (κ2) is 8.55. The highest BCUT2D eigenvalue weighted by molar-refractivity contribution is 8.68. The predicted octanol–water partition coefficient (Wildman–Crippen LogP) is 3.81. The van der Waals surface area contributed by atoms with Gasteiger partial charge in [-0.1, -0.05) is 30.5 Å². The molecule has 0 amide bonds. The monoisotopic (exact) mass is 511 g/mol. The number of imidazole rings is 1. The molecule has 1 aliphatic carbocycles. The first-order chi connectivity index (χ1) is 15.6. The average Bonchev–Trinajstić information content (AvgIpc) is 3.39. The largest absolute Gasteiger partial charge is 0.388 e. The van der Waals surface area contributed by atoms with Crippen LogP contribution in [-0.2, 0) is 25.6 Å². The van der Waals surface area contributed by atoms with Crippen molar-refractivity contribution in [2.45, 2.75) is 69.3 Å². The van der Waals surface area contributed by atoms with Gasteiger partial charge < -0.3 is 24.6 Å². The molecule has 33 heavy (non-hydrogen) atoms. The molecule has 0 bridgehead atoms. The first-order valence-corrected chi connectivity index (χ1v) is 15.2. The number of hydrogen-bond acceptors (Lipinski definition) is 10. The summed E-state index contributed by atoms with van der Waals surface area (Å²) in [6, 6.07) is 0. The molecule has 0 unspecified atom stereocenters. The van der Waals surface area contributed by atoms with Crippen LogP contribution in [0.1, 0.15) is 46.3 Å². The number of aliphatic hydroxyl groups is 1. The van der Waals surface area contributed by atoms with Crippen LogP contribution in [0.3, 0.4) is 0 Å². The van der Waals surface area contributed by atoms with Gasteiger partial charge in [-0.05, 0) is 50.8 Å². The minimum absolute atomic E-state index is 0.0267. The van der Waals surface area contributed by atoms with E-state index in [1.807, 2.05) is 6.92 Å². The number of rotatable bonds is 5. The molecule has 2 aliphatic heterocycles. The highest BCUT2D eigenvalue weighted by atomic mass is 32.9. The third kappa shape index (κ3) is 4.16. The Balaban J connectivity index is 1.27. The van der Waals surface area contributed by atoms with Crippen molar-refractivity contribution in [1.29, 1.82) is 0 Å². The number of nitrogens with two attached hydrogens (primary N) is 1. The highest BCUT2D eigenvalue weighted by Gasteiger charge is 2.54. The zero-order valence-corrected chi connectivity index (χ0v) is 21.5. The van der Waals surface area contributed by atoms with E-state index in [4.69, 9.17) is 31.3 Å². The third-order valence-corrected chi connectivity index (χ3v) is 13.1. The normalized spacial score (nSPS) is 40.8. The van der Waals surface area contributed by atoms with Gasteiger partial charge >= 0.3 is 0 Å².